The van der Waals surface area contributed by atoms with Crippen LogP contribution in [-0.4, -0.2) is 33.6 Å². The number of aromatic nitrogens is 2. The van der Waals surface area contributed by atoms with E-state index in [0.29, 0.717) is 18.5 Å². The van der Waals surface area contributed by atoms with Crippen LogP contribution in [0.25, 0.3) is 0 Å². The number of anilines is 1. The average Bonchev–Trinajstić information content (AvgIpc) is 2.58. The summed E-state index contributed by atoms with van der Waals surface area (Å²) in [6.07, 6.45) is 3.25. The summed E-state index contributed by atoms with van der Waals surface area (Å²) in [5, 5.41) is 15.4. The van der Waals surface area contributed by atoms with Gasteiger partial charge in [0.15, 0.2) is 0 Å². The third kappa shape index (κ3) is 4.82. The van der Waals surface area contributed by atoms with E-state index in [2.05, 4.69) is 20.6 Å². The molecule has 0 fully saturated rings. The molecule has 1 atom stereocenters. The fourth-order valence-electron chi connectivity index (χ4n) is 1.87. The minimum absolute atomic E-state index is 0.184. The van der Waals surface area contributed by atoms with Gasteiger partial charge in [0.25, 0.3) is 5.91 Å². The Labute approximate surface area is 129 Å². The third-order valence-electron chi connectivity index (χ3n) is 3.21. The number of aliphatic hydroxyl groups is 1. The van der Waals surface area contributed by atoms with Gasteiger partial charge in [-0.1, -0.05) is 19.1 Å². The molecule has 0 aliphatic heterocycles. The molecule has 1 aromatic carbocycles. The molecule has 1 amide bonds. The molecule has 0 saturated heterocycles. The first-order chi connectivity index (χ1) is 10.7. The number of benzene rings is 1. The number of carbonyl (C=O) groups is 1. The lowest BCUT2D eigenvalue weighted by atomic mass is 10.1. The molecule has 6 nitrogen and oxygen atoms in total. The molecule has 1 heterocycles. The molecule has 0 aliphatic carbocycles. The van der Waals surface area contributed by atoms with Crippen LogP contribution in [0, 0.1) is 0 Å². The molecule has 0 aliphatic rings. The summed E-state index contributed by atoms with van der Waals surface area (Å²) < 4.78 is 0. The van der Waals surface area contributed by atoms with Crippen molar-refractivity contribution in [3.8, 4) is 0 Å². The fraction of sp³-hybridized carbons (Fsp3) is 0.312. The highest BCUT2D eigenvalue weighted by molar-refractivity contribution is 5.94. The van der Waals surface area contributed by atoms with Crippen molar-refractivity contribution in [1.29, 1.82) is 0 Å². The largest absolute Gasteiger partial charge is 0.391 e. The Hall–Kier alpha value is -2.47. The minimum Gasteiger partial charge on any atom is -0.391 e. The second-order valence-corrected chi connectivity index (χ2v) is 4.92. The van der Waals surface area contributed by atoms with Crippen molar-refractivity contribution in [3.05, 3.63) is 54.0 Å². The van der Waals surface area contributed by atoms with Crippen LogP contribution in [0.15, 0.2) is 42.9 Å². The highest BCUT2D eigenvalue weighted by atomic mass is 16.3. The van der Waals surface area contributed by atoms with Crippen molar-refractivity contribution < 1.29 is 9.90 Å². The monoisotopic (exact) mass is 300 g/mol. The number of nitrogens with one attached hydrogen (secondary N) is 2. The van der Waals surface area contributed by atoms with Gasteiger partial charge < -0.3 is 15.7 Å². The van der Waals surface area contributed by atoms with E-state index < -0.39 is 6.10 Å². The molecule has 0 saturated carbocycles. The van der Waals surface area contributed by atoms with E-state index in [4.69, 9.17) is 0 Å². The lowest BCUT2D eigenvalue weighted by molar-refractivity contribution is 0.0914. The van der Waals surface area contributed by atoms with Crippen molar-refractivity contribution >= 4 is 11.7 Å². The number of nitrogens with zero attached hydrogens (tertiary/aromatic N) is 2. The van der Waals surface area contributed by atoms with Gasteiger partial charge in [0.05, 0.1) is 6.10 Å². The maximum atomic E-state index is 12.0. The zero-order valence-electron chi connectivity index (χ0n) is 12.5. The number of rotatable bonds is 7. The van der Waals surface area contributed by atoms with E-state index >= 15 is 0 Å². The van der Waals surface area contributed by atoms with Gasteiger partial charge in [-0.3, -0.25) is 4.79 Å². The first-order valence-electron chi connectivity index (χ1n) is 7.24. The molecule has 2 aromatic rings. The van der Waals surface area contributed by atoms with Gasteiger partial charge in [0, 0.05) is 24.8 Å². The SMILES string of the molecule is CCC(O)CNC(=O)c1cccc(CNc2ccncn2)c1. The maximum Gasteiger partial charge on any atom is 0.251 e. The molecular weight excluding hydrogens is 280 g/mol. The van der Waals surface area contributed by atoms with Crippen LogP contribution < -0.4 is 10.6 Å². The molecule has 6 heteroatoms. The lowest BCUT2D eigenvalue weighted by Gasteiger charge is -2.10. The Bertz CT molecular complexity index is 604. The molecule has 0 radical (unpaired) electrons. The molecular formula is C16H20N4O2. The van der Waals surface area contributed by atoms with Crippen LogP contribution >= 0.6 is 0 Å². The van der Waals surface area contributed by atoms with Gasteiger partial charge in [0.1, 0.15) is 12.1 Å². The molecule has 1 unspecified atom stereocenters. The number of aliphatic hydroxyl groups excluding tert-OH is 1. The quantitative estimate of drug-likeness (QED) is 0.723. The molecule has 1 aromatic heterocycles. The van der Waals surface area contributed by atoms with Gasteiger partial charge in [-0.2, -0.15) is 0 Å². The van der Waals surface area contributed by atoms with Gasteiger partial charge in [-0.05, 0) is 30.2 Å². The van der Waals surface area contributed by atoms with E-state index in [-0.39, 0.29) is 12.5 Å². The van der Waals surface area contributed by atoms with Gasteiger partial charge in [-0.15, -0.1) is 0 Å². The Morgan fingerprint density at radius 2 is 2.23 bits per heavy atom. The average molecular weight is 300 g/mol. The van der Waals surface area contributed by atoms with Gasteiger partial charge in [-0.25, -0.2) is 9.97 Å². The van der Waals surface area contributed by atoms with Crippen LogP contribution in [0.2, 0.25) is 0 Å². The zero-order valence-corrected chi connectivity index (χ0v) is 12.5. The zero-order chi connectivity index (χ0) is 15.8. The Kier molecular flexibility index (Phi) is 5.85. The van der Waals surface area contributed by atoms with Gasteiger partial charge >= 0.3 is 0 Å². The van der Waals surface area contributed by atoms with Crippen LogP contribution in [0.3, 0.4) is 0 Å². The van der Waals surface area contributed by atoms with Crippen molar-refractivity contribution in [2.24, 2.45) is 0 Å². The number of amides is 1. The molecule has 0 bridgehead atoms. The topological polar surface area (TPSA) is 87.1 Å². The molecule has 3 N–H and O–H groups in total. The normalized spacial score (nSPS) is 11.7. The predicted molar refractivity (Wildman–Crippen MR) is 84.4 cm³/mol. The Balaban J connectivity index is 1.93. The maximum absolute atomic E-state index is 12.0. The van der Waals surface area contributed by atoms with Crippen LogP contribution in [0.5, 0.6) is 0 Å². The predicted octanol–water partition coefficient (Wildman–Crippen LogP) is 1.59. The van der Waals surface area contributed by atoms with E-state index in [1.165, 1.54) is 6.33 Å². The molecule has 2 rings (SSSR count). The summed E-state index contributed by atoms with van der Waals surface area (Å²) in [5.41, 5.74) is 1.55. The van der Waals surface area contributed by atoms with Crippen molar-refractivity contribution in [2.45, 2.75) is 26.0 Å². The van der Waals surface area contributed by atoms with Crippen LogP contribution in [0.4, 0.5) is 5.82 Å². The Morgan fingerprint density at radius 3 is 2.95 bits per heavy atom. The van der Waals surface area contributed by atoms with Gasteiger partial charge in [0.2, 0.25) is 0 Å². The van der Waals surface area contributed by atoms with E-state index in [1.807, 2.05) is 25.1 Å². The first kappa shape index (κ1) is 15.9. The Morgan fingerprint density at radius 1 is 1.36 bits per heavy atom. The summed E-state index contributed by atoms with van der Waals surface area (Å²) in [7, 11) is 0. The third-order valence-corrected chi connectivity index (χ3v) is 3.21. The summed E-state index contributed by atoms with van der Waals surface area (Å²) in [6, 6.07) is 9.13. The summed E-state index contributed by atoms with van der Waals surface area (Å²) in [4.78, 5) is 20.0. The second kappa shape index (κ2) is 8.09. The lowest BCUT2D eigenvalue weighted by Crippen LogP contribution is -2.31. The van der Waals surface area contributed by atoms with Crippen molar-refractivity contribution in [1.82, 2.24) is 15.3 Å². The number of carbonyl (C=O) groups excluding carboxylic acids is 1. The second-order valence-electron chi connectivity index (χ2n) is 4.92. The van der Waals surface area contributed by atoms with Crippen LogP contribution in [-0.2, 0) is 6.54 Å². The number of hydrogen-bond donors (Lipinski definition) is 3. The van der Waals surface area contributed by atoms with E-state index in [1.54, 1.807) is 18.3 Å². The fourth-order valence-corrected chi connectivity index (χ4v) is 1.87. The first-order valence-corrected chi connectivity index (χ1v) is 7.24. The standard InChI is InChI=1S/C16H20N4O2/c1-2-14(21)10-19-16(22)13-5-3-4-12(8-13)9-18-15-6-7-17-11-20-15/h3-8,11,14,21H,2,9-10H2,1H3,(H,19,22)(H,17,18,20). The molecule has 0 spiro atoms. The summed E-state index contributed by atoms with van der Waals surface area (Å²) in [6.45, 7) is 2.70. The highest BCUT2D eigenvalue weighted by Crippen LogP contribution is 2.08. The number of hydrogen-bond acceptors (Lipinski definition) is 5. The summed E-state index contributed by atoms with van der Waals surface area (Å²) >= 11 is 0. The smallest absolute Gasteiger partial charge is 0.251 e. The molecule has 116 valence electrons. The van der Waals surface area contributed by atoms with E-state index in [0.717, 1.165) is 11.4 Å². The molecule has 22 heavy (non-hydrogen) atoms. The minimum atomic E-state index is -0.508. The van der Waals surface area contributed by atoms with Crippen molar-refractivity contribution in [3.63, 3.8) is 0 Å². The van der Waals surface area contributed by atoms with Crippen LogP contribution in [0.1, 0.15) is 29.3 Å². The highest BCUT2D eigenvalue weighted by Gasteiger charge is 2.08. The van der Waals surface area contributed by atoms with Crippen molar-refractivity contribution in [2.75, 3.05) is 11.9 Å². The summed E-state index contributed by atoms with van der Waals surface area (Å²) in [5.74, 6) is 0.548. The van der Waals surface area contributed by atoms with E-state index in [9.17, 15) is 9.90 Å².